The number of rotatable bonds is 3. The van der Waals surface area contributed by atoms with Gasteiger partial charge in [0, 0.05) is 0 Å². The quantitative estimate of drug-likeness (QED) is 0.847. The van der Waals surface area contributed by atoms with E-state index in [0.29, 0.717) is 4.91 Å². The fourth-order valence-electron chi connectivity index (χ4n) is 1.91. The van der Waals surface area contributed by atoms with Gasteiger partial charge in [0.2, 0.25) is 0 Å². The number of thioether (sulfide) groups is 1. The highest BCUT2D eigenvalue weighted by Gasteiger charge is 2.24. The predicted molar refractivity (Wildman–Crippen MR) is 84.1 cm³/mol. The molecule has 1 aliphatic rings. The summed E-state index contributed by atoms with van der Waals surface area (Å²) in [6.45, 7) is 6.39. The van der Waals surface area contributed by atoms with Crippen molar-refractivity contribution in [3.05, 3.63) is 45.9 Å². The molecule has 1 aromatic carbocycles. The first-order valence-electron chi connectivity index (χ1n) is 6.53. The normalized spacial score (nSPS) is 18.2. The van der Waals surface area contributed by atoms with E-state index in [9.17, 15) is 9.59 Å². The fourth-order valence-corrected chi connectivity index (χ4v) is 2.60. The molecule has 0 saturated carbocycles. The molecule has 1 aromatic rings. The van der Waals surface area contributed by atoms with Crippen molar-refractivity contribution in [1.29, 1.82) is 0 Å². The average Bonchev–Trinajstić information content (AvgIpc) is 2.76. The first-order valence-corrected chi connectivity index (χ1v) is 7.34. The van der Waals surface area contributed by atoms with Gasteiger partial charge in [-0.3, -0.25) is 14.9 Å². The molecule has 104 valence electrons. The zero-order chi connectivity index (χ0) is 14.7. The van der Waals surface area contributed by atoms with Crippen molar-refractivity contribution in [2.24, 2.45) is 0 Å². The van der Waals surface area contributed by atoms with Crippen LogP contribution in [0.15, 0.2) is 34.7 Å². The van der Waals surface area contributed by atoms with E-state index in [-0.39, 0.29) is 11.1 Å². The molecule has 0 bridgehead atoms. The van der Waals surface area contributed by atoms with E-state index in [0.717, 1.165) is 23.7 Å². The minimum absolute atomic E-state index is 0.310. The number of carbonyl (C=O) groups is 2. The van der Waals surface area contributed by atoms with Crippen LogP contribution >= 0.6 is 11.8 Å². The topological polar surface area (TPSA) is 46.2 Å². The molecule has 1 heterocycles. The third-order valence-corrected chi connectivity index (χ3v) is 4.26. The number of allylic oxidation sites excluding steroid dienone is 2. The number of carbonyl (C=O) groups excluding carboxylic acids is 2. The molecular weight excluding hydrogens is 270 g/mol. The number of benzene rings is 1. The zero-order valence-corrected chi connectivity index (χ0v) is 12.6. The Labute approximate surface area is 123 Å². The standard InChI is InChI=1S/C16H17NO2S/c1-4-10(2)11(3)13-7-5-12(6-8-13)9-14-15(18)17-16(19)20-14/h5-9H,4H2,1-3H3,(H,17,18,19)/b11-10?,14-9-. The minimum Gasteiger partial charge on any atom is -0.282 e. The van der Waals surface area contributed by atoms with E-state index >= 15 is 0 Å². The molecule has 0 unspecified atom stereocenters. The van der Waals surface area contributed by atoms with Crippen LogP contribution in [0.1, 0.15) is 38.3 Å². The van der Waals surface area contributed by atoms with Gasteiger partial charge in [0.25, 0.3) is 11.1 Å². The van der Waals surface area contributed by atoms with Gasteiger partial charge < -0.3 is 0 Å². The summed E-state index contributed by atoms with van der Waals surface area (Å²) >= 11 is 0.940. The van der Waals surface area contributed by atoms with Gasteiger partial charge in [0.15, 0.2) is 0 Å². The Morgan fingerprint density at radius 2 is 1.85 bits per heavy atom. The molecule has 2 rings (SSSR count). The van der Waals surface area contributed by atoms with Gasteiger partial charge in [-0.25, -0.2) is 0 Å². The first-order chi connectivity index (χ1) is 9.51. The monoisotopic (exact) mass is 287 g/mol. The van der Waals surface area contributed by atoms with Crippen LogP contribution in [0.3, 0.4) is 0 Å². The minimum atomic E-state index is -0.318. The van der Waals surface area contributed by atoms with Crippen LogP contribution < -0.4 is 5.32 Å². The van der Waals surface area contributed by atoms with Gasteiger partial charge in [0.1, 0.15) is 0 Å². The summed E-state index contributed by atoms with van der Waals surface area (Å²) in [5, 5.41) is 1.94. The van der Waals surface area contributed by atoms with Crippen LogP contribution in [-0.4, -0.2) is 11.1 Å². The SMILES string of the molecule is CCC(C)=C(C)c1ccc(/C=C2\SC(=O)NC2=O)cc1. The third-order valence-electron chi connectivity index (χ3n) is 3.45. The Bertz CT molecular complexity index is 612. The lowest BCUT2D eigenvalue weighted by Crippen LogP contribution is -2.17. The molecule has 0 aromatic heterocycles. The lowest BCUT2D eigenvalue weighted by atomic mass is 10.00. The van der Waals surface area contributed by atoms with Gasteiger partial charge in [-0.1, -0.05) is 36.8 Å². The number of nitrogens with one attached hydrogen (secondary N) is 1. The Morgan fingerprint density at radius 3 is 2.35 bits per heavy atom. The maximum Gasteiger partial charge on any atom is 0.290 e. The summed E-state index contributed by atoms with van der Waals surface area (Å²) in [5.74, 6) is -0.318. The van der Waals surface area contributed by atoms with Crippen molar-refractivity contribution < 1.29 is 9.59 Å². The predicted octanol–water partition coefficient (Wildman–Crippen LogP) is 4.21. The highest BCUT2D eigenvalue weighted by atomic mass is 32.2. The molecule has 1 fully saturated rings. The van der Waals surface area contributed by atoms with Gasteiger partial charge >= 0.3 is 0 Å². The molecule has 0 radical (unpaired) electrons. The number of imide groups is 1. The summed E-state index contributed by atoms with van der Waals surface area (Å²) in [4.78, 5) is 23.0. The maximum atomic E-state index is 11.5. The summed E-state index contributed by atoms with van der Waals surface area (Å²) in [5.41, 5.74) is 4.76. The van der Waals surface area contributed by atoms with Crippen molar-refractivity contribution >= 4 is 34.6 Å². The molecule has 2 amide bonds. The Kier molecular flexibility index (Phi) is 4.45. The van der Waals surface area contributed by atoms with E-state index in [1.165, 1.54) is 16.7 Å². The second-order valence-electron chi connectivity index (χ2n) is 4.73. The van der Waals surface area contributed by atoms with E-state index in [1.807, 2.05) is 24.3 Å². The molecule has 0 spiro atoms. The molecular formula is C16H17NO2S. The molecule has 0 aliphatic carbocycles. The second-order valence-corrected chi connectivity index (χ2v) is 5.75. The Balaban J connectivity index is 2.24. The third kappa shape index (κ3) is 3.20. The fraction of sp³-hybridized carbons (Fsp3) is 0.250. The van der Waals surface area contributed by atoms with Crippen molar-refractivity contribution in [2.45, 2.75) is 27.2 Å². The van der Waals surface area contributed by atoms with E-state index < -0.39 is 0 Å². The largest absolute Gasteiger partial charge is 0.290 e. The van der Waals surface area contributed by atoms with Crippen molar-refractivity contribution in [3.63, 3.8) is 0 Å². The highest BCUT2D eigenvalue weighted by Crippen LogP contribution is 2.26. The van der Waals surface area contributed by atoms with E-state index in [2.05, 4.69) is 26.1 Å². The molecule has 4 heteroatoms. The number of hydrogen-bond acceptors (Lipinski definition) is 3. The van der Waals surface area contributed by atoms with E-state index in [1.54, 1.807) is 6.08 Å². The molecule has 0 atom stereocenters. The molecule has 1 aliphatic heterocycles. The van der Waals surface area contributed by atoms with Crippen LogP contribution in [0.2, 0.25) is 0 Å². The second kappa shape index (κ2) is 6.09. The summed E-state index contributed by atoms with van der Waals surface area (Å²) in [6, 6.07) is 8.01. The van der Waals surface area contributed by atoms with Crippen LogP contribution in [0.5, 0.6) is 0 Å². The lowest BCUT2D eigenvalue weighted by molar-refractivity contribution is -0.115. The van der Waals surface area contributed by atoms with Gasteiger partial charge in [-0.05, 0) is 54.8 Å². The summed E-state index contributed by atoms with van der Waals surface area (Å²) in [6.07, 6.45) is 2.77. The van der Waals surface area contributed by atoms with Gasteiger partial charge in [-0.15, -0.1) is 0 Å². The highest BCUT2D eigenvalue weighted by molar-refractivity contribution is 8.18. The Hall–Kier alpha value is -1.81. The van der Waals surface area contributed by atoms with Crippen LogP contribution in [-0.2, 0) is 4.79 Å². The molecule has 3 nitrogen and oxygen atoms in total. The van der Waals surface area contributed by atoms with Gasteiger partial charge in [-0.2, -0.15) is 0 Å². The van der Waals surface area contributed by atoms with E-state index in [4.69, 9.17) is 0 Å². The van der Waals surface area contributed by atoms with Crippen LogP contribution in [0.25, 0.3) is 11.6 Å². The van der Waals surface area contributed by atoms with Crippen LogP contribution in [0, 0.1) is 0 Å². The lowest BCUT2D eigenvalue weighted by Gasteiger charge is -2.06. The molecule has 1 saturated heterocycles. The average molecular weight is 287 g/mol. The smallest absolute Gasteiger partial charge is 0.282 e. The van der Waals surface area contributed by atoms with Gasteiger partial charge in [0.05, 0.1) is 4.91 Å². The Morgan fingerprint density at radius 1 is 1.20 bits per heavy atom. The molecule has 1 N–H and O–H groups in total. The first kappa shape index (κ1) is 14.6. The van der Waals surface area contributed by atoms with Crippen molar-refractivity contribution in [3.8, 4) is 0 Å². The number of amides is 2. The van der Waals surface area contributed by atoms with Crippen LogP contribution in [0.4, 0.5) is 4.79 Å². The van der Waals surface area contributed by atoms with Crippen molar-refractivity contribution in [2.75, 3.05) is 0 Å². The van der Waals surface area contributed by atoms with Crippen molar-refractivity contribution in [1.82, 2.24) is 5.32 Å². The summed E-state index contributed by atoms with van der Waals surface area (Å²) in [7, 11) is 0. The zero-order valence-electron chi connectivity index (χ0n) is 11.8. The summed E-state index contributed by atoms with van der Waals surface area (Å²) < 4.78 is 0. The maximum absolute atomic E-state index is 11.5. The number of hydrogen-bond donors (Lipinski definition) is 1. The molecule has 20 heavy (non-hydrogen) atoms.